The van der Waals surface area contributed by atoms with E-state index in [0.29, 0.717) is 45.4 Å². The molecule has 1 amide bonds. The molecule has 1 aliphatic heterocycles. The normalized spacial score (nSPS) is 15.4. The number of hydrogen-bond acceptors (Lipinski definition) is 4. The van der Waals surface area contributed by atoms with Gasteiger partial charge < -0.3 is 9.64 Å². The maximum atomic E-state index is 12.7. The van der Waals surface area contributed by atoms with Gasteiger partial charge in [-0.2, -0.15) is 0 Å². The predicted molar refractivity (Wildman–Crippen MR) is 110 cm³/mol. The van der Waals surface area contributed by atoms with Gasteiger partial charge in [0.1, 0.15) is 5.75 Å². The number of likely N-dealkylation sites (tertiary alicyclic amines) is 1. The number of sulfone groups is 1. The molecule has 0 N–H and O–H groups in total. The van der Waals surface area contributed by atoms with E-state index in [-0.39, 0.29) is 16.9 Å². The predicted octanol–water partition coefficient (Wildman–Crippen LogP) is 3.45. The van der Waals surface area contributed by atoms with Crippen molar-refractivity contribution in [1.82, 2.24) is 4.90 Å². The first-order valence-electron chi connectivity index (χ1n) is 9.76. The molecule has 0 unspecified atom stereocenters. The van der Waals surface area contributed by atoms with Gasteiger partial charge in [0.2, 0.25) is 5.91 Å². The van der Waals surface area contributed by atoms with Crippen LogP contribution in [0.15, 0.2) is 60.7 Å². The smallest absolute Gasteiger partial charge is 0.222 e. The third-order valence-electron chi connectivity index (χ3n) is 5.06. The van der Waals surface area contributed by atoms with E-state index in [9.17, 15) is 13.2 Å². The van der Waals surface area contributed by atoms with E-state index >= 15 is 0 Å². The quantitative estimate of drug-likeness (QED) is 0.636. The molecule has 0 aromatic heterocycles. The van der Waals surface area contributed by atoms with E-state index in [2.05, 4.69) is 0 Å². The Morgan fingerprint density at radius 2 is 1.57 bits per heavy atom. The molecule has 2 aromatic carbocycles. The zero-order valence-corrected chi connectivity index (χ0v) is 16.8. The first-order valence-corrected chi connectivity index (χ1v) is 11.5. The van der Waals surface area contributed by atoms with Crippen LogP contribution in [0.5, 0.6) is 5.75 Å². The summed E-state index contributed by atoms with van der Waals surface area (Å²) < 4.78 is 30.9. The van der Waals surface area contributed by atoms with Gasteiger partial charge in [-0.15, -0.1) is 0 Å². The largest absolute Gasteiger partial charge is 0.494 e. The summed E-state index contributed by atoms with van der Waals surface area (Å²) in [5.74, 6) is 0.957. The van der Waals surface area contributed by atoms with Crippen LogP contribution in [-0.2, 0) is 20.4 Å². The highest BCUT2D eigenvalue weighted by Crippen LogP contribution is 2.22. The molecule has 0 spiro atoms. The minimum atomic E-state index is -3.20. The summed E-state index contributed by atoms with van der Waals surface area (Å²) in [6, 6.07) is 18.8. The number of piperidine rings is 1. The molecule has 5 nitrogen and oxygen atoms in total. The van der Waals surface area contributed by atoms with Crippen LogP contribution in [0.2, 0.25) is 0 Å². The van der Waals surface area contributed by atoms with E-state index in [1.807, 2.05) is 60.7 Å². The summed E-state index contributed by atoms with van der Waals surface area (Å²) in [6.45, 7) is 1.52. The molecule has 6 heteroatoms. The first kappa shape index (κ1) is 20.4. The van der Waals surface area contributed by atoms with Gasteiger partial charge >= 0.3 is 0 Å². The van der Waals surface area contributed by atoms with Crippen molar-refractivity contribution in [2.45, 2.75) is 36.7 Å². The molecular weight excluding hydrogens is 374 g/mol. The Labute approximate surface area is 167 Å². The monoisotopic (exact) mass is 401 g/mol. The summed E-state index contributed by atoms with van der Waals surface area (Å²) in [7, 11) is -3.20. The Bertz CT molecular complexity index is 845. The van der Waals surface area contributed by atoms with E-state index < -0.39 is 9.84 Å². The standard InChI is InChI=1S/C22H27NO4S/c24-22(12-7-17-27-20-10-5-2-6-11-20)23-15-13-21(14-16-23)28(25,26)18-19-8-3-1-4-9-19/h1-6,8-11,21H,7,12-18H2. The van der Waals surface area contributed by atoms with Crippen LogP contribution in [0.4, 0.5) is 0 Å². The second-order valence-corrected chi connectivity index (χ2v) is 9.42. The third-order valence-corrected chi connectivity index (χ3v) is 7.28. The van der Waals surface area contributed by atoms with Crippen LogP contribution in [-0.4, -0.2) is 44.2 Å². The van der Waals surface area contributed by atoms with E-state index in [1.54, 1.807) is 4.90 Å². The molecule has 1 fully saturated rings. The molecule has 0 aliphatic carbocycles. The molecule has 0 saturated carbocycles. The lowest BCUT2D eigenvalue weighted by molar-refractivity contribution is -0.132. The Hall–Kier alpha value is -2.34. The summed E-state index contributed by atoms with van der Waals surface area (Å²) in [5, 5.41) is -0.363. The van der Waals surface area contributed by atoms with Gasteiger partial charge in [0.25, 0.3) is 0 Å². The summed E-state index contributed by atoms with van der Waals surface area (Å²) in [5.41, 5.74) is 0.819. The van der Waals surface area contributed by atoms with Crippen molar-refractivity contribution < 1.29 is 17.9 Å². The van der Waals surface area contributed by atoms with Crippen molar-refractivity contribution in [3.63, 3.8) is 0 Å². The fraction of sp³-hybridized carbons (Fsp3) is 0.409. The highest BCUT2D eigenvalue weighted by molar-refractivity contribution is 7.91. The number of benzene rings is 2. The average molecular weight is 402 g/mol. The van der Waals surface area contributed by atoms with E-state index in [1.165, 1.54) is 0 Å². The number of carbonyl (C=O) groups excluding carboxylic acids is 1. The third kappa shape index (κ3) is 5.83. The Morgan fingerprint density at radius 1 is 0.964 bits per heavy atom. The van der Waals surface area contributed by atoms with Crippen molar-refractivity contribution in [3.05, 3.63) is 66.2 Å². The molecule has 0 bridgehead atoms. The van der Waals surface area contributed by atoms with Crippen LogP contribution in [0.3, 0.4) is 0 Å². The van der Waals surface area contributed by atoms with Crippen molar-refractivity contribution in [2.24, 2.45) is 0 Å². The van der Waals surface area contributed by atoms with Crippen molar-refractivity contribution in [2.75, 3.05) is 19.7 Å². The topological polar surface area (TPSA) is 63.7 Å². The molecule has 28 heavy (non-hydrogen) atoms. The Balaban J connectivity index is 1.40. The molecule has 0 radical (unpaired) electrons. The summed E-state index contributed by atoms with van der Waals surface area (Å²) in [4.78, 5) is 14.2. The zero-order valence-electron chi connectivity index (χ0n) is 16.0. The van der Waals surface area contributed by atoms with E-state index in [4.69, 9.17) is 4.74 Å². The average Bonchev–Trinajstić information content (AvgIpc) is 2.72. The molecular formula is C22H27NO4S. The number of ether oxygens (including phenoxy) is 1. The molecule has 1 aliphatic rings. The second kappa shape index (κ2) is 9.73. The first-order chi connectivity index (χ1) is 13.5. The minimum Gasteiger partial charge on any atom is -0.494 e. The van der Waals surface area contributed by atoms with Crippen LogP contribution < -0.4 is 4.74 Å². The van der Waals surface area contributed by atoms with Crippen LogP contribution in [0.1, 0.15) is 31.2 Å². The van der Waals surface area contributed by atoms with Crippen molar-refractivity contribution in [3.8, 4) is 5.75 Å². The lowest BCUT2D eigenvalue weighted by Gasteiger charge is -2.32. The molecule has 0 atom stereocenters. The lowest BCUT2D eigenvalue weighted by Crippen LogP contribution is -2.42. The number of hydrogen-bond donors (Lipinski definition) is 0. The van der Waals surface area contributed by atoms with Crippen LogP contribution in [0.25, 0.3) is 0 Å². The summed E-state index contributed by atoms with van der Waals surface area (Å²) >= 11 is 0. The maximum Gasteiger partial charge on any atom is 0.222 e. The van der Waals surface area contributed by atoms with Gasteiger partial charge in [0.05, 0.1) is 17.6 Å². The van der Waals surface area contributed by atoms with Gasteiger partial charge in [0, 0.05) is 19.5 Å². The maximum absolute atomic E-state index is 12.7. The van der Waals surface area contributed by atoms with E-state index in [0.717, 1.165) is 11.3 Å². The van der Waals surface area contributed by atoms with Gasteiger partial charge in [-0.1, -0.05) is 48.5 Å². The Morgan fingerprint density at radius 3 is 2.21 bits per heavy atom. The highest BCUT2D eigenvalue weighted by atomic mass is 32.2. The molecule has 1 heterocycles. The minimum absolute atomic E-state index is 0.0727. The highest BCUT2D eigenvalue weighted by Gasteiger charge is 2.31. The zero-order chi connectivity index (χ0) is 19.8. The van der Waals surface area contributed by atoms with Crippen LogP contribution >= 0.6 is 0 Å². The Kier molecular flexibility index (Phi) is 7.09. The molecule has 3 rings (SSSR count). The van der Waals surface area contributed by atoms with Crippen molar-refractivity contribution >= 4 is 15.7 Å². The SMILES string of the molecule is O=C(CCCOc1ccccc1)N1CCC(S(=O)(=O)Cc2ccccc2)CC1. The van der Waals surface area contributed by atoms with Crippen molar-refractivity contribution in [1.29, 1.82) is 0 Å². The van der Waals surface area contributed by atoms with Gasteiger partial charge in [0.15, 0.2) is 9.84 Å². The second-order valence-electron chi connectivity index (χ2n) is 7.14. The number of nitrogens with zero attached hydrogens (tertiary/aromatic N) is 1. The van der Waals surface area contributed by atoms with Gasteiger partial charge in [-0.25, -0.2) is 8.42 Å². The lowest BCUT2D eigenvalue weighted by atomic mass is 10.1. The summed E-state index contributed by atoms with van der Waals surface area (Å²) in [6.07, 6.45) is 2.11. The molecule has 1 saturated heterocycles. The molecule has 2 aromatic rings. The number of rotatable bonds is 8. The fourth-order valence-electron chi connectivity index (χ4n) is 3.48. The molecule has 150 valence electrons. The fourth-order valence-corrected chi connectivity index (χ4v) is 5.30. The van der Waals surface area contributed by atoms with Gasteiger partial charge in [-0.05, 0) is 37.0 Å². The number of carbonyl (C=O) groups is 1. The number of amides is 1. The van der Waals surface area contributed by atoms with Gasteiger partial charge in [-0.3, -0.25) is 4.79 Å². The van der Waals surface area contributed by atoms with Crippen LogP contribution in [0, 0.1) is 0 Å². The number of para-hydroxylation sites is 1.